The first-order valence-corrected chi connectivity index (χ1v) is 8.03. The predicted molar refractivity (Wildman–Crippen MR) is 83.2 cm³/mol. The second-order valence-corrected chi connectivity index (χ2v) is 6.47. The second-order valence-electron chi connectivity index (χ2n) is 4.39. The van der Waals surface area contributed by atoms with Gasteiger partial charge in [0.2, 0.25) is 0 Å². The van der Waals surface area contributed by atoms with Gasteiger partial charge in [-0.15, -0.1) is 21.5 Å². The predicted octanol–water partition coefficient (Wildman–Crippen LogP) is 1.98. The molecule has 0 aromatic carbocycles. The lowest BCUT2D eigenvalue weighted by Gasteiger charge is -2.09. The Morgan fingerprint density at radius 3 is 2.55 bits per heavy atom. The smallest absolute Gasteiger partial charge is 0.191 e. The Bertz CT molecular complexity index is 546. The van der Waals surface area contributed by atoms with Crippen LogP contribution in [-0.4, -0.2) is 28.2 Å². The number of hydrogen-bond donors (Lipinski definition) is 2. The summed E-state index contributed by atoms with van der Waals surface area (Å²) < 4.78 is 0. The number of hydrogen-bond acceptors (Lipinski definition) is 6. The average molecular weight is 310 g/mol. The van der Waals surface area contributed by atoms with Crippen molar-refractivity contribution < 1.29 is 0 Å². The van der Waals surface area contributed by atoms with Crippen molar-refractivity contribution in [1.29, 1.82) is 0 Å². The molecule has 0 bridgehead atoms. The Kier molecular flexibility index (Phi) is 5.42. The normalized spacial score (nSPS) is 11.9. The van der Waals surface area contributed by atoms with Crippen LogP contribution < -0.4 is 10.6 Å². The molecule has 0 radical (unpaired) electrons. The molecule has 0 unspecified atom stereocenters. The molecule has 108 valence electrons. The van der Waals surface area contributed by atoms with Crippen LogP contribution in [0.1, 0.15) is 34.8 Å². The number of aromatic nitrogens is 3. The summed E-state index contributed by atoms with van der Waals surface area (Å²) in [6.45, 7) is 5.53. The summed E-state index contributed by atoms with van der Waals surface area (Å²) >= 11 is 3.25. The highest BCUT2D eigenvalue weighted by molar-refractivity contribution is 7.11. The summed E-state index contributed by atoms with van der Waals surface area (Å²) in [6, 6.07) is 0. The summed E-state index contributed by atoms with van der Waals surface area (Å²) in [4.78, 5) is 8.39. The third kappa shape index (κ3) is 4.24. The zero-order valence-electron chi connectivity index (χ0n) is 11.8. The van der Waals surface area contributed by atoms with E-state index in [2.05, 4.69) is 44.7 Å². The maximum Gasteiger partial charge on any atom is 0.191 e. The summed E-state index contributed by atoms with van der Waals surface area (Å²) in [6.07, 6.45) is 1.80. The Morgan fingerprint density at radius 1 is 1.25 bits per heavy atom. The third-order valence-corrected chi connectivity index (χ3v) is 4.50. The highest BCUT2D eigenvalue weighted by Gasteiger charge is 2.08. The Labute approximate surface area is 126 Å². The van der Waals surface area contributed by atoms with E-state index < -0.39 is 0 Å². The number of nitrogens with zero attached hydrogens (tertiary/aromatic N) is 4. The first kappa shape index (κ1) is 14.9. The van der Waals surface area contributed by atoms with E-state index in [1.165, 1.54) is 0 Å². The molecule has 0 amide bonds. The Morgan fingerprint density at radius 2 is 2.00 bits per heavy atom. The third-order valence-electron chi connectivity index (χ3n) is 2.50. The lowest BCUT2D eigenvalue weighted by molar-refractivity contribution is 0.782. The van der Waals surface area contributed by atoms with Crippen molar-refractivity contribution in [2.24, 2.45) is 4.99 Å². The van der Waals surface area contributed by atoms with Gasteiger partial charge in [-0.05, 0) is 0 Å². The molecule has 0 saturated heterocycles. The minimum absolute atomic E-state index is 0.420. The molecule has 0 aliphatic carbocycles. The summed E-state index contributed by atoms with van der Waals surface area (Å²) in [5, 5.41) is 19.8. The van der Waals surface area contributed by atoms with Gasteiger partial charge in [0, 0.05) is 24.5 Å². The first-order valence-electron chi connectivity index (χ1n) is 6.34. The summed E-state index contributed by atoms with van der Waals surface area (Å²) in [5.41, 5.74) is 0. The van der Waals surface area contributed by atoms with Crippen molar-refractivity contribution in [1.82, 2.24) is 25.8 Å². The van der Waals surface area contributed by atoms with Crippen LogP contribution >= 0.6 is 22.7 Å². The number of nitrogens with one attached hydrogen (secondary N) is 2. The molecule has 6 nitrogen and oxygen atoms in total. The molecular weight excluding hydrogens is 292 g/mol. The SMILES string of the molecule is CN=C(NCc1nccs1)NCc1nnc(C(C)C)s1. The first-order chi connectivity index (χ1) is 9.69. The molecule has 2 aromatic rings. The van der Waals surface area contributed by atoms with Crippen molar-refractivity contribution in [3.05, 3.63) is 26.6 Å². The minimum atomic E-state index is 0.420. The van der Waals surface area contributed by atoms with Gasteiger partial charge in [-0.1, -0.05) is 25.2 Å². The molecule has 2 heterocycles. The fourth-order valence-electron chi connectivity index (χ4n) is 1.45. The molecule has 2 aromatic heterocycles. The highest BCUT2D eigenvalue weighted by Crippen LogP contribution is 2.18. The quantitative estimate of drug-likeness (QED) is 0.652. The van der Waals surface area contributed by atoms with Crippen molar-refractivity contribution in [2.75, 3.05) is 7.05 Å². The number of rotatable bonds is 5. The molecule has 2 rings (SSSR count). The van der Waals surface area contributed by atoms with Gasteiger partial charge in [-0.25, -0.2) is 4.98 Å². The molecule has 0 spiro atoms. The summed E-state index contributed by atoms with van der Waals surface area (Å²) in [5.74, 6) is 1.16. The van der Waals surface area contributed by atoms with Gasteiger partial charge in [0.25, 0.3) is 0 Å². The molecule has 0 aliphatic heterocycles. The Hall–Kier alpha value is -1.54. The van der Waals surface area contributed by atoms with Crippen LogP contribution in [0.2, 0.25) is 0 Å². The van der Waals surface area contributed by atoms with Gasteiger partial charge in [0.1, 0.15) is 15.0 Å². The van der Waals surface area contributed by atoms with Crippen LogP contribution in [0.4, 0.5) is 0 Å². The lowest BCUT2D eigenvalue weighted by Crippen LogP contribution is -2.36. The van der Waals surface area contributed by atoms with Crippen LogP contribution in [0.15, 0.2) is 16.6 Å². The molecule has 2 N–H and O–H groups in total. The van der Waals surface area contributed by atoms with E-state index in [9.17, 15) is 0 Å². The molecule has 8 heteroatoms. The van der Waals surface area contributed by atoms with Crippen molar-refractivity contribution >= 4 is 28.6 Å². The van der Waals surface area contributed by atoms with Gasteiger partial charge >= 0.3 is 0 Å². The van der Waals surface area contributed by atoms with Crippen LogP contribution in [0.5, 0.6) is 0 Å². The molecular formula is C12H18N6S2. The van der Waals surface area contributed by atoms with Crippen molar-refractivity contribution in [2.45, 2.75) is 32.9 Å². The fraction of sp³-hybridized carbons (Fsp3) is 0.500. The van der Waals surface area contributed by atoms with Crippen LogP contribution in [0.3, 0.4) is 0 Å². The van der Waals surface area contributed by atoms with Gasteiger partial charge < -0.3 is 10.6 Å². The van der Waals surface area contributed by atoms with E-state index in [0.717, 1.165) is 21.0 Å². The highest BCUT2D eigenvalue weighted by atomic mass is 32.1. The van der Waals surface area contributed by atoms with Crippen LogP contribution in [0, 0.1) is 0 Å². The lowest BCUT2D eigenvalue weighted by atomic mass is 10.2. The average Bonchev–Trinajstić information content (AvgIpc) is 3.10. The van der Waals surface area contributed by atoms with E-state index >= 15 is 0 Å². The molecule has 0 fully saturated rings. The standard InChI is InChI=1S/C12H18N6S2/c1-8(2)11-18-17-10(20-11)7-16-12(13-3)15-6-9-14-4-5-19-9/h4-5,8H,6-7H2,1-3H3,(H2,13,15,16). The van der Waals surface area contributed by atoms with Crippen molar-refractivity contribution in [3.8, 4) is 0 Å². The largest absolute Gasteiger partial charge is 0.350 e. The maximum atomic E-state index is 4.22. The Balaban J connectivity index is 1.81. The van der Waals surface area contributed by atoms with E-state index in [-0.39, 0.29) is 0 Å². The van der Waals surface area contributed by atoms with E-state index in [4.69, 9.17) is 0 Å². The van der Waals surface area contributed by atoms with Crippen molar-refractivity contribution in [3.63, 3.8) is 0 Å². The fourth-order valence-corrected chi connectivity index (χ4v) is 2.79. The zero-order chi connectivity index (χ0) is 14.4. The number of guanidine groups is 1. The van der Waals surface area contributed by atoms with Crippen LogP contribution in [-0.2, 0) is 13.1 Å². The monoisotopic (exact) mass is 310 g/mol. The van der Waals surface area contributed by atoms with Gasteiger partial charge in [-0.3, -0.25) is 4.99 Å². The molecule has 0 saturated carbocycles. The second kappa shape index (κ2) is 7.30. The number of thiazole rings is 1. The molecule has 20 heavy (non-hydrogen) atoms. The molecule has 0 aliphatic rings. The van der Waals surface area contributed by atoms with Gasteiger partial charge in [0.15, 0.2) is 5.96 Å². The van der Waals surface area contributed by atoms with E-state index in [0.29, 0.717) is 19.0 Å². The van der Waals surface area contributed by atoms with Gasteiger partial charge in [-0.2, -0.15) is 0 Å². The maximum absolute atomic E-state index is 4.22. The van der Waals surface area contributed by atoms with Crippen LogP contribution in [0.25, 0.3) is 0 Å². The number of aliphatic imine (C=N–C) groups is 1. The topological polar surface area (TPSA) is 75.1 Å². The van der Waals surface area contributed by atoms with Gasteiger partial charge in [0.05, 0.1) is 13.1 Å². The van der Waals surface area contributed by atoms with E-state index in [1.807, 2.05) is 5.38 Å². The zero-order valence-corrected chi connectivity index (χ0v) is 13.4. The minimum Gasteiger partial charge on any atom is -0.350 e. The molecule has 0 atom stereocenters. The van der Waals surface area contributed by atoms with E-state index in [1.54, 1.807) is 35.9 Å². The summed E-state index contributed by atoms with van der Waals surface area (Å²) in [7, 11) is 1.75.